The van der Waals surface area contributed by atoms with Crippen molar-refractivity contribution < 1.29 is 18.7 Å². The van der Waals surface area contributed by atoms with Crippen LogP contribution >= 0.6 is 0 Å². The number of carbonyl (C=O) groups is 1. The first kappa shape index (κ1) is 15.9. The van der Waals surface area contributed by atoms with Gasteiger partial charge in [0.25, 0.3) is 0 Å². The first-order valence-corrected chi connectivity index (χ1v) is 7.00. The quantitative estimate of drug-likeness (QED) is 0.845. The van der Waals surface area contributed by atoms with Crippen LogP contribution in [0.4, 0.5) is 0 Å². The Bertz CT molecular complexity index is 637. The van der Waals surface area contributed by atoms with E-state index in [0.29, 0.717) is 30.2 Å². The molecule has 0 spiro atoms. The lowest BCUT2D eigenvalue weighted by molar-refractivity contribution is -0.120. The number of hydrogen-bond donors (Lipinski definition) is 1. The highest BCUT2D eigenvalue weighted by Crippen LogP contribution is 2.27. The molecule has 0 bridgehead atoms. The predicted molar refractivity (Wildman–Crippen MR) is 81.2 cm³/mol. The van der Waals surface area contributed by atoms with Crippen LogP contribution in [0.1, 0.15) is 17.0 Å². The number of methoxy groups -OCH3 is 2. The van der Waals surface area contributed by atoms with E-state index < -0.39 is 0 Å². The van der Waals surface area contributed by atoms with Gasteiger partial charge in [-0.15, -0.1) is 0 Å². The summed E-state index contributed by atoms with van der Waals surface area (Å²) in [4.78, 5) is 15.8. The van der Waals surface area contributed by atoms with Crippen LogP contribution in [0.2, 0.25) is 0 Å². The van der Waals surface area contributed by atoms with Crippen LogP contribution in [-0.2, 0) is 17.6 Å². The van der Waals surface area contributed by atoms with Crippen molar-refractivity contribution in [1.82, 2.24) is 10.3 Å². The Balaban J connectivity index is 1.83. The molecule has 22 heavy (non-hydrogen) atoms. The number of amides is 1. The van der Waals surface area contributed by atoms with E-state index in [0.717, 1.165) is 11.3 Å². The molecule has 1 aromatic carbocycles. The Morgan fingerprint density at radius 2 is 2.05 bits per heavy atom. The molecule has 0 aliphatic heterocycles. The first-order valence-electron chi connectivity index (χ1n) is 7.00. The zero-order valence-electron chi connectivity index (χ0n) is 13.0. The lowest BCUT2D eigenvalue weighted by atomic mass is 10.1. The van der Waals surface area contributed by atoms with Gasteiger partial charge in [0.05, 0.1) is 26.3 Å². The van der Waals surface area contributed by atoms with Crippen LogP contribution in [0.25, 0.3) is 0 Å². The average molecular weight is 304 g/mol. The maximum absolute atomic E-state index is 11.8. The third kappa shape index (κ3) is 4.00. The zero-order chi connectivity index (χ0) is 15.9. The molecule has 2 aromatic rings. The first-order chi connectivity index (χ1) is 10.6. The van der Waals surface area contributed by atoms with Crippen LogP contribution in [0.3, 0.4) is 0 Å². The summed E-state index contributed by atoms with van der Waals surface area (Å²) in [5.74, 6) is 1.89. The third-order valence-electron chi connectivity index (χ3n) is 3.35. The van der Waals surface area contributed by atoms with Gasteiger partial charge in [0.15, 0.2) is 17.9 Å². The van der Waals surface area contributed by atoms with Gasteiger partial charge in [-0.25, -0.2) is 4.98 Å². The van der Waals surface area contributed by atoms with Gasteiger partial charge in [-0.1, -0.05) is 6.07 Å². The van der Waals surface area contributed by atoms with Gasteiger partial charge in [0, 0.05) is 6.54 Å². The van der Waals surface area contributed by atoms with E-state index >= 15 is 0 Å². The number of aryl methyl sites for hydroxylation is 1. The van der Waals surface area contributed by atoms with Gasteiger partial charge >= 0.3 is 0 Å². The molecule has 0 aliphatic carbocycles. The second-order valence-corrected chi connectivity index (χ2v) is 4.83. The summed E-state index contributed by atoms with van der Waals surface area (Å²) >= 11 is 0. The van der Waals surface area contributed by atoms with Crippen molar-refractivity contribution in [3.63, 3.8) is 0 Å². The Morgan fingerprint density at radius 3 is 2.68 bits per heavy atom. The summed E-state index contributed by atoms with van der Waals surface area (Å²) in [7, 11) is 3.20. The number of ether oxygens (including phenoxy) is 2. The van der Waals surface area contributed by atoms with Crippen LogP contribution < -0.4 is 14.8 Å². The Kier molecular flexibility index (Phi) is 5.41. The fraction of sp³-hybridized carbons (Fsp3) is 0.375. The molecule has 0 radical (unpaired) electrons. The minimum atomic E-state index is -0.0830. The van der Waals surface area contributed by atoms with Gasteiger partial charge < -0.3 is 19.2 Å². The average Bonchev–Trinajstić information content (AvgIpc) is 2.92. The molecular formula is C16H20N2O4. The van der Waals surface area contributed by atoms with Crippen molar-refractivity contribution in [3.05, 3.63) is 41.6 Å². The molecule has 0 saturated heterocycles. The van der Waals surface area contributed by atoms with E-state index in [1.807, 2.05) is 25.1 Å². The number of oxazole rings is 1. The number of hydrogen-bond acceptors (Lipinski definition) is 5. The van der Waals surface area contributed by atoms with Crippen molar-refractivity contribution >= 4 is 5.91 Å². The molecule has 118 valence electrons. The summed E-state index contributed by atoms with van der Waals surface area (Å²) in [6, 6.07) is 5.72. The topological polar surface area (TPSA) is 73.6 Å². The summed E-state index contributed by atoms with van der Waals surface area (Å²) in [6.45, 7) is 2.36. The summed E-state index contributed by atoms with van der Waals surface area (Å²) in [5.41, 5.74) is 1.81. The summed E-state index contributed by atoms with van der Waals surface area (Å²) < 4.78 is 15.6. The molecule has 6 nitrogen and oxygen atoms in total. The molecule has 0 unspecified atom stereocenters. The minimum Gasteiger partial charge on any atom is -0.493 e. The van der Waals surface area contributed by atoms with Crippen LogP contribution in [0.15, 0.2) is 29.0 Å². The van der Waals surface area contributed by atoms with E-state index in [9.17, 15) is 4.79 Å². The van der Waals surface area contributed by atoms with E-state index in [-0.39, 0.29) is 12.3 Å². The minimum absolute atomic E-state index is 0.0830. The van der Waals surface area contributed by atoms with E-state index in [4.69, 9.17) is 13.9 Å². The molecular weight excluding hydrogens is 284 g/mol. The monoisotopic (exact) mass is 304 g/mol. The number of nitrogens with zero attached hydrogens (tertiary/aromatic N) is 1. The Labute approximate surface area is 129 Å². The molecule has 6 heteroatoms. The maximum Gasteiger partial charge on any atom is 0.227 e. The van der Waals surface area contributed by atoms with Crippen molar-refractivity contribution in [3.8, 4) is 11.5 Å². The largest absolute Gasteiger partial charge is 0.493 e. The fourth-order valence-corrected chi connectivity index (χ4v) is 2.09. The van der Waals surface area contributed by atoms with E-state index in [1.165, 1.54) is 6.39 Å². The summed E-state index contributed by atoms with van der Waals surface area (Å²) in [5, 5.41) is 2.86. The fourth-order valence-electron chi connectivity index (χ4n) is 2.09. The molecule has 0 saturated carbocycles. The molecule has 0 fully saturated rings. The smallest absolute Gasteiger partial charge is 0.227 e. The van der Waals surface area contributed by atoms with Crippen LogP contribution in [-0.4, -0.2) is 31.7 Å². The van der Waals surface area contributed by atoms with Crippen molar-refractivity contribution in [2.45, 2.75) is 19.8 Å². The van der Waals surface area contributed by atoms with E-state index in [1.54, 1.807) is 14.2 Å². The van der Waals surface area contributed by atoms with Crippen molar-refractivity contribution in [1.29, 1.82) is 0 Å². The number of rotatable bonds is 7. The lowest BCUT2D eigenvalue weighted by Gasteiger charge is -2.10. The van der Waals surface area contributed by atoms with Gasteiger partial charge in [0.2, 0.25) is 5.91 Å². The second-order valence-electron chi connectivity index (χ2n) is 4.83. The SMILES string of the molecule is COc1ccc(CCNC(=O)Cc2ocnc2C)cc1OC. The third-order valence-corrected chi connectivity index (χ3v) is 3.35. The van der Waals surface area contributed by atoms with Crippen LogP contribution in [0.5, 0.6) is 11.5 Å². The highest BCUT2D eigenvalue weighted by atomic mass is 16.5. The normalized spacial score (nSPS) is 10.3. The highest BCUT2D eigenvalue weighted by Gasteiger charge is 2.10. The number of nitrogens with one attached hydrogen (secondary N) is 1. The maximum atomic E-state index is 11.8. The Morgan fingerprint density at radius 1 is 1.27 bits per heavy atom. The predicted octanol–water partition coefficient (Wildman–Crippen LogP) is 1.90. The lowest BCUT2D eigenvalue weighted by Crippen LogP contribution is -2.27. The number of aromatic nitrogens is 1. The van der Waals surface area contributed by atoms with Gasteiger partial charge in [-0.05, 0) is 31.0 Å². The van der Waals surface area contributed by atoms with Crippen LogP contribution in [0, 0.1) is 6.92 Å². The highest BCUT2D eigenvalue weighted by molar-refractivity contribution is 5.78. The zero-order valence-corrected chi connectivity index (χ0v) is 13.0. The molecule has 1 heterocycles. The van der Waals surface area contributed by atoms with Gasteiger partial charge in [0.1, 0.15) is 5.76 Å². The summed E-state index contributed by atoms with van der Waals surface area (Å²) in [6.07, 6.45) is 2.26. The molecule has 2 rings (SSSR count). The molecule has 0 aliphatic rings. The molecule has 1 N–H and O–H groups in total. The second kappa shape index (κ2) is 7.49. The number of benzene rings is 1. The van der Waals surface area contributed by atoms with Gasteiger partial charge in [-0.2, -0.15) is 0 Å². The molecule has 1 aromatic heterocycles. The Hall–Kier alpha value is -2.50. The number of carbonyl (C=O) groups excluding carboxylic acids is 1. The van der Waals surface area contributed by atoms with Gasteiger partial charge in [-0.3, -0.25) is 4.79 Å². The molecule has 0 atom stereocenters. The van der Waals surface area contributed by atoms with Crippen molar-refractivity contribution in [2.24, 2.45) is 0 Å². The standard InChI is InChI=1S/C16H20N2O4/c1-11-14(22-10-18-11)9-16(19)17-7-6-12-4-5-13(20-2)15(8-12)21-3/h4-5,8,10H,6-7,9H2,1-3H3,(H,17,19). The van der Waals surface area contributed by atoms with Crippen molar-refractivity contribution in [2.75, 3.05) is 20.8 Å². The van der Waals surface area contributed by atoms with E-state index in [2.05, 4.69) is 10.3 Å². The molecule has 1 amide bonds.